The Labute approximate surface area is 174 Å². The van der Waals surface area contributed by atoms with Gasteiger partial charge in [-0.1, -0.05) is 48.5 Å². The second kappa shape index (κ2) is 7.99. The molecule has 0 saturated heterocycles. The fraction of sp³-hybridized carbons (Fsp3) is 0.154. The molecule has 0 aliphatic rings. The molecule has 0 aliphatic carbocycles. The van der Waals surface area contributed by atoms with Crippen LogP contribution < -0.4 is 10.2 Å². The smallest absolute Gasteiger partial charge is 0.235 e. The highest BCUT2D eigenvalue weighted by Gasteiger charge is 2.19. The largest absolute Gasteiger partial charge is 0.478 e. The monoisotopic (exact) mass is 398 g/mol. The van der Waals surface area contributed by atoms with Crippen molar-refractivity contribution in [3.8, 4) is 17.1 Å². The van der Waals surface area contributed by atoms with Gasteiger partial charge in [-0.2, -0.15) is 0 Å². The summed E-state index contributed by atoms with van der Waals surface area (Å²) in [7, 11) is 0. The van der Waals surface area contributed by atoms with Crippen molar-refractivity contribution < 1.29 is 13.9 Å². The number of aryl methyl sites for hydroxylation is 3. The minimum atomic E-state index is -0.289. The number of carbonyl (C=O) groups is 1. The summed E-state index contributed by atoms with van der Waals surface area (Å²) in [5.41, 5.74) is 4.61. The highest BCUT2D eigenvalue weighted by molar-refractivity contribution is 5.97. The normalized spacial score (nSPS) is 10.9. The highest BCUT2D eigenvalue weighted by atomic mass is 16.5. The Bertz CT molecular complexity index is 1300. The van der Waals surface area contributed by atoms with Crippen LogP contribution in [-0.2, 0) is 0 Å². The fourth-order valence-corrected chi connectivity index (χ4v) is 3.33. The van der Waals surface area contributed by atoms with Gasteiger partial charge in [0.25, 0.3) is 0 Å². The fourth-order valence-electron chi connectivity index (χ4n) is 3.33. The van der Waals surface area contributed by atoms with E-state index in [1.807, 2.05) is 75.4 Å². The van der Waals surface area contributed by atoms with E-state index in [-0.39, 0.29) is 23.6 Å². The van der Waals surface area contributed by atoms with Gasteiger partial charge in [0.1, 0.15) is 5.58 Å². The second-order valence-corrected chi connectivity index (χ2v) is 7.47. The van der Waals surface area contributed by atoms with Crippen LogP contribution in [-0.4, -0.2) is 12.4 Å². The van der Waals surface area contributed by atoms with Gasteiger partial charge in [0.2, 0.25) is 11.2 Å². The molecule has 1 aromatic heterocycles. The predicted molar refractivity (Wildman–Crippen MR) is 118 cm³/mol. The Morgan fingerprint density at radius 3 is 2.40 bits per heavy atom. The zero-order valence-corrected chi connectivity index (χ0v) is 17.2. The number of rotatable bonds is 5. The summed E-state index contributed by atoms with van der Waals surface area (Å²) in [4.78, 5) is 25.9. The van der Waals surface area contributed by atoms with Crippen molar-refractivity contribution in [1.82, 2.24) is 0 Å². The zero-order chi connectivity index (χ0) is 21.3. The van der Waals surface area contributed by atoms with Crippen LogP contribution >= 0.6 is 0 Å². The van der Waals surface area contributed by atoms with Gasteiger partial charge in [-0.05, 0) is 55.7 Å². The zero-order valence-electron chi connectivity index (χ0n) is 17.2. The van der Waals surface area contributed by atoms with Gasteiger partial charge >= 0.3 is 0 Å². The van der Waals surface area contributed by atoms with E-state index >= 15 is 0 Å². The standard InChI is InChI=1S/C26H22O4/c1-16-9-12-21-23(13-16)30-25(19-7-5-4-6-8-19)26(24(21)28)29-15-22(27)20-11-10-17(2)18(3)14-20/h4-14H,15H2,1-3H3. The molecule has 0 unspecified atom stereocenters. The third-order valence-electron chi connectivity index (χ3n) is 5.22. The summed E-state index contributed by atoms with van der Waals surface area (Å²) >= 11 is 0. The molecule has 150 valence electrons. The maximum atomic E-state index is 13.2. The maximum Gasteiger partial charge on any atom is 0.235 e. The lowest BCUT2D eigenvalue weighted by Gasteiger charge is -2.12. The number of carbonyl (C=O) groups excluding carboxylic acids is 1. The van der Waals surface area contributed by atoms with E-state index in [4.69, 9.17) is 9.15 Å². The molecule has 1 heterocycles. The average Bonchev–Trinajstić information content (AvgIpc) is 2.75. The van der Waals surface area contributed by atoms with Crippen molar-refractivity contribution in [2.24, 2.45) is 0 Å². The van der Waals surface area contributed by atoms with Crippen LogP contribution in [0.4, 0.5) is 0 Å². The average molecular weight is 398 g/mol. The highest BCUT2D eigenvalue weighted by Crippen LogP contribution is 2.31. The summed E-state index contributed by atoms with van der Waals surface area (Å²) < 4.78 is 11.9. The van der Waals surface area contributed by atoms with E-state index in [0.717, 1.165) is 16.7 Å². The molecular weight excluding hydrogens is 376 g/mol. The van der Waals surface area contributed by atoms with Gasteiger partial charge in [0.05, 0.1) is 5.39 Å². The lowest BCUT2D eigenvalue weighted by Crippen LogP contribution is -2.17. The molecule has 0 atom stereocenters. The molecule has 4 heteroatoms. The number of fused-ring (bicyclic) bond motifs is 1. The Morgan fingerprint density at radius 1 is 0.900 bits per heavy atom. The van der Waals surface area contributed by atoms with Crippen molar-refractivity contribution >= 4 is 16.8 Å². The van der Waals surface area contributed by atoms with Gasteiger partial charge in [-0.3, -0.25) is 9.59 Å². The number of ketones is 1. The van der Waals surface area contributed by atoms with Gasteiger partial charge in [-0.15, -0.1) is 0 Å². The Kier molecular flexibility index (Phi) is 5.23. The molecule has 4 nitrogen and oxygen atoms in total. The van der Waals surface area contributed by atoms with Crippen LogP contribution in [0.25, 0.3) is 22.3 Å². The molecule has 0 radical (unpaired) electrons. The number of Topliss-reactive ketones (excluding diaryl/α,β-unsaturated/α-hetero) is 1. The molecule has 0 N–H and O–H groups in total. The van der Waals surface area contributed by atoms with Gasteiger partial charge in [0.15, 0.2) is 18.2 Å². The molecule has 4 aromatic rings. The van der Waals surface area contributed by atoms with Gasteiger partial charge in [-0.25, -0.2) is 0 Å². The number of ether oxygens (including phenoxy) is 1. The first-order valence-electron chi connectivity index (χ1n) is 9.80. The SMILES string of the molecule is Cc1ccc2c(=O)c(OCC(=O)c3ccc(C)c(C)c3)c(-c3ccccc3)oc2c1. The van der Waals surface area contributed by atoms with E-state index in [0.29, 0.717) is 27.9 Å². The van der Waals surface area contributed by atoms with Crippen LogP contribution in [0.5, 0.6) is 5.75 Å². The van der Waals surface area contributed by atoms with Crippen LogP contribution in [0.2, 0.25) is 0 Å². The predicted octanol–water partition coefficient (Wildman–Crippen LogP) is 5.65. The quantitative estimate of drug-likeness (QED) is 0.408. The van der Waals surface area contributed by atoms with Crippen molar-refractivity contribution in [2.75, 3.05) is 6.61 Å². The van der Waals surface area contributed by atoms with Gasteiger partial charge in [0, 0.05) is 11.1 Å². The third-order valence-corrected chi connectivity index (χ3v) is 5.22. The molecular formula is C26H22O4. The maximum absolute atomic E-state index is 13.2. The van der Waals surface area contributed by atoms with E-state index in [1.165, 1.54) is 0 Å². The molecule has 30 heavy (non-hydrogen) atoms. The summed E-state index contributed by atoms with van der Waals surface area (Å²) in [6, 6.07) is 20.2. The molecule has 0 aliphatic heterocycles. The molecule has 4 rings (SSSR count). The van der Waals surface area contributed by atoms with Crippen LogP contribution in [0.15, 0.2) is 75.9 Å². The van der Waals surface area contributed by atoms with Crippen LogP contribution in [0.3, 0.4) is 0 Å². The molecule has 0 fully saturated rings. The summed E-state index contributed by atoms with van der Waals surface area (Å²) in [5, 5.41) is 0.425. The van der Waals surface area contributed by atoms with Gasteiger partial charge < -0.3 is 9.15 Å². The second-order valence-electron chi connectivity index (χ2n) is 7.47. The summed E-state index contributed by atoms with van der Waals surface area (Å²) in [6.45, 7) is 5.65. The lowest BCUT2D eigenvalue weighted by molar-refractivity contribution is 0.0920. The lowest BCUT2D eigenvalue weighted by atomic mass is 10.0. The first-order valence-corrected chi connectivity index (χ1v) is 9.80. The summed E-state index contributed by atoms with van der Waals surface area (Å²) in [5.74, 6) is 0.182. The van der Waals surface area contributed by atoms with E-state index in [9.17, 15) is 9.59 Å². The Hall–Kier alpha value is -3.66. The van der Waals surface area contributed by atoms with Crippen molar-refractivity contribution in [3.05, 3.63) is 99.2 Å². The molecule has 0 spiro atoms. The third kappa shape index (κ3) is 3.77. The van der Waals surface area contributed by atoms with Crippen molar-refractivity contribution in [1.29, 1.82) is 0 Å². The first kappa shape index (κ1) is 19.6. The topological polar surface area (TPSA) is 56.5 Å². The Balaban J connectivity index is 1.76. The molecule has 3 aromatic carbocycles. The first-order chi connectivity index (χ1) is 14.4. The minimum Gasteiger partial charge on any atom is -0.478 e. The van der Waals surface area contributed by atoms with E-state index in [1.54, 1.807) is 12.1 Å². The molecule has 0 amide bonds. The van der Waals surface area contributed by atoms with Crippen LogP contribution in [0.1, 0.15) is 27.0 Å². The van der Waals surface area contributed by atoms with E-state index in [2.05, 4.69) is 0 Å². The number of hydrogen-bond donors (Lipinski definition) is 0. The van der Waals surface area contributed by atoms with E-state index < -0.39 is 0 Å². The Morgan fingerprint density at radius 2 is 1.67 bits per heavy atom. The van der Waals surface area contributed by atoms with Crippen molar-refractivity contribution in [2.45, 2.75) is 20.8 Å². The van der Waals surface area contributed by atoms with Crippen molar-refractivity contribution in [3.63, 3.8) is 0 Å². The summed E-state index contributed by atoms with van der Waals surface area (Å²) in [6.07, 6.45) is 0. The molecule has 0 saturated carbocycles. The molecule has 0 bridgehead atoms. The minimum absolute atomic E-state index is 0.0507. The van der Waals surface area contributed by atoms with Crippen LogP contribution in [0, 0.1) is 20.8 Å². The number of benzene rings is 3. The number of hydrogen-bond acceptors (Lipinski definition) is 4.